The number of benzene rings is 2. The SMILES string of the molecule is COc1ccc(CN2CC(C(=O)N3c4ccccc4CC3C)CC2=O)cc1OC. The van der Waals surface area contributed by atoms with E-state index in [0.717, 1.165) is 17.7 Å². The van der Waals surface area contributed by atoms with Crippen LogP contribution in [0.25, 0.3) is 0 Å². The molecule has 2 aromatic rings. The lowest BCUT2D eigenvalue weighted by molar-refractivity contribution is -0.129. The third-order valence-corrected chi connectivity index (χ3v) is 5.83. The van der Waals surface area contributed by atoms with Gasteiger partial charge in [-0.25, -0.2) is 0 Å². The molecule has 6 heteroatoms. The first kappa shape index (κ1) is 19.3. The Kier molecular flexibility index (Phi) is 5.18. The van der Waals surface area contributed by atoms with Crippen molar-refractivity contribution in [2.45, 2.75) is 32.4 Å². The van der Waals surface area contributed by atoms with Crippen LogP contribution in [0.2, 0.25) is 0 Å². The Hall–Kier alpha value is -3.02. The van der Waals surface area contributed by atoms with Gasteiger partial charge >= 0.3 is 0 Å². The van der Waals surface area contributed by atoms with Crippen LogP contribution in [0, 0.1) is 5.92 Å². The number of likely N-dealkylation sites (tertiary alicyclic amines) is 1. The van der Waals surface area contributed by atoms with Gasteiger partial charge in [0.05, 0.1) is 20.1 Å². The second kappa shape index (κ2) is 7.78. The molecule has 2 heterocycles. The molecule has 0 saturated carbocycles. The normalized spacial score (nSPS) is 20.7. The molecule has 152 valence electrons. The van der Waals surface area contributed by atoms with Crippen LogP contribution in [0.15, 0.2) is 42.5 Å². The van der Waals surface area contributed by atoms with Crippen LogP contribution < -0.4 is 14.4 Å². The van der Waals surface area contributed by atoms with Crippen LogP contribution in [0.1, 0.15) is 24.5 Å². The molecule has 2 amide bonds. The summed E-state index contributed by atoms with van der Waals surface area (Å²) in [6.45, 7) is 2.96. The van der Waals surface area contributed by atoms with Crippen molar-refractivity contribution in [1.29, 1.82) is 0 Å². The monoisotopic (exact) mass is 394 g/mol. The topological polar surface area (TPSA) is 59.1 Å². The van der Waals surface area contributed by atoms with E-state index < -0.39 is 0 Å². The minimum Gasteiger partial charge on any atom is -0.493 e. The fourth-order valence-corrected chi connectivity index (χ4v) is 4.39. The summed E-state index contributed by atoms with van der Waals surface area (Å²) in [6.07, 6.45) is 1.12. The second-order valence-electron chi connectivity index (χ2n) is 7.75. The first-order chi connectivity index (χ1) is 14.0. The highest BCUT2D eigenvalue weighted by molar-refractivity contribution is 6.01. The quantitative estimate of drug-likeness (QED) is 0.782. The van der Waals surface area contributed by atoms with Gasteiger partial charge in [-0.05, 0) is 42.7 Å². The highest BCUT2D eigenvalue weighted by Crippen LogP contribution is 2.35. The third-order valence-electron chi connectivity index (χ3n) is 5.83. The minimum absolute atomic E-state index is 0.0123. The smallest absolute Gasteiger partial charge is 0.232 e. The van der Waals surface area contributed by atoms with Crippen molar-refractivity contribution >= 4 is 17.5 Å². The summed E-state index contributed by atoms with van der Waals surface area (Å²) in [7, 11) is 3.18. The molecule has 0 bridgehead atoms. The average molecular weight is 394 g/mol. The van der Waals surface area contributed by atoms with Crippen LogP contribution in [-0.2, 0) is 22.6 Å². The summed E-state index contributed by atoms with van der Waals surface area (Å²) in [5.74, 6) is 1.03. The zero-order valence-corrected chi connectivity index (χ0v) is 17.1. The van der Waals surface area contributed by atoms with E-state index in [-0.39, 0.29) is 30.2 Å². The summed E-state index contributed by atoms with van der Waals surface area (Å²) >= 11 is 0. The molecular formula is C23H26N2O4. The van der Waals surface area contributed by atoms with Crippen molar-refractivity contribution in [3.05, 3.63) is 53.6 Å². The molecule has 0 aliphatic carbocycles. The number of carbonyl (C=O) groups excluding carboxylic acids is 2. The fourth-order valence-electron chi connectivity index (χ4n) is 4.39. The Labute approximate surface area is 171 Å². The number of carbonyl (C=O) groups is 2. The zero-order chi connectivity index (χ0) is 20.5. The Morgan fingerprint density at radius 3 is 2.59 bits per heavy atom. The van der Waals surface area contributed by atoms with Gasteiger partial charge < -0.3 is 19.3 Å². The molecule has 2 aliphatic heterocycles. The number of fused-ring (bicyclic) bond motifs is 1. The molecule has 0 radical (unpaired) electrons. The predicted molar refractivity (Wildman–Crippen MR) is 110 cm³/mol. The Balaban J connectivity index is 1.48. The third kappa shape index (κ3) is 3.55. The number of para-hydroxylation sites is 1. The maximum Gasteiger partial charge on any atom is 0.232 e. The van der Waals surface area contributed by atoms with Gasteiger partial charge in [0.1, 0.15) is 0 Å². The second-order valence-corrected chi connectivity index (χ2v) is 7.75. The van der Waals surface area contributed by atoms with Crippen LogP contribution in [0.4, 0.5) is 5.69 Å². The van der Waals surface area contributed by atoms with E-state index in [1.165, 1.54) is 5.56 Å². The Morgan fingerprint density at radius 2 is 1.83 bits per heavy atom. The van der Waals surface area contributed by atoms with Crippen LogP contribution in [0.3, 0.4) is 0 Å². The maximum atomic E-state index is 13.3. The summed E-state index contributed by atoms with van der Waals surface area (Å²) in [5.41, 5.74) is 3.12. The van der Waals surface area contributed by atoms with Crippen LogP contribution in [-0.4, -0.2) is 43.5 Å². The molecule has 29 heavy (non-hydrogen) atoms. The number of rotatable bonds is 5. The first-order valence-corrected chi connectivity index (χ1v) is 9.91. The van der Waals surface area contributed by atoms with Crippen molar-refractivity contribution in [3.63, 3.8) is 0 Å². The molecule has 2 atom stereocenters. The summed E-state index contributed by atoms with van der Waals surface area (Å²) < 4.78 is 10.6. The molecular weight excluding hydrogens is 368 g/mol. The molecule has 2 aliphatic rings. The summed E-state index contributed by atoms with van der Waals surface area (Å²) in [6, 6.07) is 13.8. The van der Waals surface area contributed by atoms with Gasteiger partial charge in [-0.2, -0.15) is 0 Å². The van der Waals surface area contributed by atoms with Crippen molar-refractivity contribution in [1.82, 2.24) is 4.90 Å². The van der Waals surface area contributed by atoms with E-state index in [4.69, 9.17) is 9.47 Å². The molecule has 0 N–H and O–H groups in total. The predicted octanol–water partition coefficient (Wildman–Crippen LogP) is 3.03. The summed E-state index contributed by atoms with van der Waals surface area (Å²) in [5, 5.41) is 0. The fraction of sp³-hybridized carbons (Fsp3) is 0.391. The number of ether oxygens (including phenoxy) is 2. The molecule has 2 unspecified atom stereocenters. The van der Waals surface area contributed by atoms with Crippen LogP contribution in [0.5, 0.6) is 11.5 Å². The van der Waals surface area contributed by atoms with Gasteiger partial charge in [-0.1, -0.05) is 24.3 Å². The zero-order valence-electron chi connectivity index (χ0n) is 17.1. The molecule has 1 saturated heterocycles. The molecule has 6 nitrogen and oxygen atoms in total. The van der Waals surface area contributed by atoms with E-state index >= 15 is 0 Å². The number of hydrogen-bond donors (Lipinski definition) is 0. The van der Waals surface area contributed by atoms with Crippen molar-refractivity contribution < 1.29 is 19.1 Å². The number of anilines is 1. The molecule has 0 aromatic heterocycles. The molecule has 0 spiro atoms. The lowest BCUT2D eigenvalue weighted by atomic mass is 10.1. The van der Waals surface area contributed by atoms with Gasteiger partial charge in [0.25, 0.3) is 0 Å². The number of methoxy groups -OCH3 is 2. The lowest BCUT2D eigenvalue weighted by Crippen LogP contribution is -2.41. The van der Waals surface area contributed by atoms with Gasteiger partial charge in [-0.3, -0.25) is 9.59 Å². The maximum absolute atomic E-state index is 13.3. The van der Waals surface area contributed by atoms with Gasteiger partial charge in [-0.15, -0.1) is 0 Å². The van der Waals surface area contributed by atoms with E-state index in [1.807, 2.05) is 41.3 Å². The average Bonchev–Trinajstić information content (AvgIpc) is 3.26. The van der Waals surface area contributed by atoms with Crippen molar-refractivity contribution in [2.75, 3.05) is 25.7 Å². The highest BCUT2D eigenvalue weighted by Gasteiger charge is 2.40. The van der Waals surface area contributed by atoms with Crippen molar-refractivity contribution in [3.8, 4) is 11.5 Å². The van der Waals surface area contributed by atoms with Gasteiger partial charge in [0.15, 0.2) is 11.5 Å². The van der Waals surface area contributed by atoms with E-state index in [9.17, 15) is 9.59 Å². The number of nitrogens with zero attached hydrogens (tertiary/aromatic N) is 2. The van der Waals surface area contributed by atoms with E-state index in [1.54, 1.807) is 19.1 Å². The van der Waals surface area contributed by atoms with Gasteiger partial charge in [0.2, 0.25) is 11.8 Å². The van der Waals surface area contributed by atoms with Crippen LogP contribution >= 0.6 is 0 Å². The molecule has 1 fully saturated rings. The minimum atomic E-state index is -0.309. The van der Waals surface area contributed by atoms with E-state index in [0.29, 0.717) is 24.6 Å². The Bertz CT molecular complexity index is 942. The number of amides is 2. The number of hydrogen-bond acceptors (Lipinski definition) is 4. The highest BCUT2D eigenvalue weighted by atomic mass is 16.5. The largest absolute Gasteiger partial charge is 0.493 e. The molecule has 2 aromatic carbocycles. The van der Waals surface area contributed by atoms with E-state index in [2.05, 4.69) is 13.0 Å². The first-order valence-electron chi connectivity index (χ1n) is 9.91. The lowest BCUT2D eigenvalue weighted by Gasteiger charge is -2.26. The standard InChI is InChI=1S/C23H26N2O4/c1-15-10-17-6-4-5-7-19(17)25(15)23(27)18-12-22(26)24(14-18)13-16-8-9-20(28-2)21(11-16)29-3/h4-9,11,15,18H,10,12-14H2,1-3H3. The summed E-state index contributed by atoms with van der Waals surface area (Å²) in [4.78, 5) is 29.5. The Morgan fingerprint density at radius 1 is 1.07 bits per heavy atom. The van der Waals surface area contributed by atoms with Gasteiger partial charge in [0, 0.05) is 31.2 Å². The van der Waals surface area contributed by atoms with Crippen molar-refractivity contribution in [2.24, 2.45) is 5.92 Å². The molecule has 4 rings (SSSR count).